The van der Waals surface area contributed by atoms with E-state index < -0.39 is 0 Å². The summed E-state index contributed by atoms with van der Waals surface area (Å²) in [5.74, 6) is 0. The van der Waals surface area contributed by atoms with Crippen LogP contribution in [0.15, 0.2) is 22.7 Å². The van der Waals surface area contributed by atoms with Crippen molar-refractivity contribution < 1.29 is 0 Å². The summed E-state index contributed by atoms with van der Waals surface area (Å²) in [6.45, 7) is 6.10. The highest BCUT2D eigenvalue weighted by atomic mass is 79.9. The lowest BCUT2D eigenvalue weighted by atomic mass is 10.2. The molecule has 0 aliphatic heterocycles. The van der Waals surface area contributed by atoms with E-state index in [1.807, 2.05) is 12.1 Å². The minimum Gasteiger partial charge on any atom is -0.315 e. The lowest BCUT2D eigenvalue weighted by Crippen LogP contribution is -2.27. The van der Waals surface area contributed by atoms with Gasteiger partial charge in [-0.1, -0.05) is 34.5 Å². The van der Waals surface area contributed by atoms with E-state index in [4.69, 9.17) is 11.6 Å². The first kappa shape index (κ1) is 14.0. The fourth-order valence-electron chi connectivity index (χ4n) is 1.42. The Balaban J connectivity index is 2.21. The zero-order chi connectivity index (χ0) is 11.8. The van der Waals surface area contributed by atoms with Crippen molar-refractivity contribution in [1.29, 1.82) is 0 Å². The van der Waals surface area contributed by atoms with Crippen LogP contribution in [0.3, 0.4) is 0 Å². The Morgan fingerprint density at radius 3 is 2.56 bits per heavy atom. The first-order valence-corrected chi connectivity index (χ1v) is 6.76. The van der Waals surface area contributed by atoms with Crippen LogP contribution in [0.2, 0.25) is 5.02 Å². The first-order valence-electron chi connectivity index (χ1n) is 5.58. The van der Waals surface area contributed by atoms with Crippen molar-refractivity contribution in [2.75, 3.05) is 19.6 Å². The van der Waals surface area contributed by atoms with Crippen molar-refractivity contribution in [3.8, 4) is 0 Å². The average molecular weight is 306 g/mol. The largest absolute Gasteiger partial charge is 0.315 e. The van der Waals surface area contributed by atoms with Crippen molar-refractivity contribution >= 4 is 27.5 Å². The Bertz CT molecular complexity index is 298. The van der Waals surface area contributed by atoms with Crippen molar-refractivity contribution in [3.05, 3.63) is 33.3 Å². The minimum absolute atomic E-state index is 0.773. The van der Waals surface area contributed by atoms with Crippen LogP contribution in [-0.2, 0) is 6.54 Å². The molecule has 0 fully saturated rings. The monoisotopic (exact) mass is 304 g/mol. The van der Waals surface area contributed by atoms with Crippen LogP contribution in [0.25, 0.3) is 0 Å². The molecule has 2 nitrogen and oxygen atoms in total. The second-order valence-corrected chi connectivity index (χ2v) is 5.06. The molecule has 4 heteroatoms. The molecule has 1 aromatic rings. The maximum atomic E-state index is 5.96. The number of hydrogen-bond acceptors (Lipinski definition) is 2. The Labute approximate surface area is 111 Å². The molecule has 0 bridgehead atoms. The molecule has 0 unspecified atom stereocenters. The number of nitrogens with one attached hydrogen (secondary N) is 2. The molecule has 0 heterocycles. The fourth-order valence-corrected chi connectivity index (χ4v) is 2.35. The zero-order valence-electron chi connectivity index (χ0n) is 9.52. The quantitative estimate of drug-likeness (QED) is 0.756. The Morgan fingerprint density at radius 1 is 1.12 bits per heavy atom. The van der Waals surface area contributed by atoms with E-state index in [-0.39, 0.29) is 0 Å². The van der Waals surface area contributed by atoms with Gasteiger partial charge in [-0.3, -0.25) is 0 Å². The smallest absolute Gasteiger partial charge is 0.0420 e. The van der Waals surface area contributed by atoms with Gasteiger partial charge in [0.15, 0.2) is 0 Å². The van der Waals surface area contributed by atoms with Gasteiger partial charge >= 0.3 is 0 Å². The Hall–Kier alpha value is -0.0900. The summed E-state index contributed by atoms with van der Waals surface area (Å²) in [5, 5.41) is 7.49. The van der Waals surface area contributed by atoms with Gasteiger partial charge < -0.3 is 10.6 Å². The van der Waals surface area contributed by atoms with Crippen LogP contribution < -0.4 is 10.6 Å². The maximum absolute atomic E-state index is 5.96. The van der Waals surface area contributed by atoms with E-state index in [1.165, 1.54) is 12.0 Å². The average Bonchev–Trinajstić information content (AvgIpc) is 2.22. The molecule has 0 aromatic heterocycles. The molecule has 0 radical (unpaired) electrons. The summed E-state index contributed by atoms with van der Waals surface area (Å²) >= 11 is 9.39. The molecule has 0 amide bonds. The lowest BCUT2D eigenvalue weighted by Gasteiger charge is -2.06. The van der Waals surface area contributed by atoms with Gasteiger partial charge in [0.05, 0.1) is 0 Å². The SMILES string of the molecule is CCCNCCNCc1cc(Cl)cc(Br)c1. The van der Waals surface area contributed by atoms with E-state index in [0.29, 0.717) is 0 Å². The molecule has 0 atom stereocenters. The summed E-state index contributed by atoms with van der Waals surface area (Å²) in [5.41, 5.74) is 1.20. The Morgan fingerprint density at radius 2 is 1.88 bits per heavy atom. The zero-order valence-corrected chi connectivity index (χ0v) is 11.9. The first-order chi connectivity index (χ1) is 7.72. The molecule has 1 rings (SSSR count). The highest BCUT2D eigenvalue weighted by Crippen LogP contribution is 2.19. The topological polar surface area (TPSA) is 24.1 Å². The molecule has 90 valence electrons. The maximum Gasteiger partial charge on any atom is 0.0420 e. The van der Waals surface area contributed by atoms with Crippen LogP contribution in [0.1, 0.15) is 18.9 Å². The molecule has 0 saturated heterocycles. The highest BCUT2D eigenvalue weighted by Gasteiger charge is 1.97. The van der Waals surface area contributed by atoms with Crippen molar-refractivity contribution in [3.63, 3.8) is 0 Å². The summed E-state index contributed by atoms with van der Waals surface area (Å²) in [7, 11) is 0. The van der Waals surface area contributed by atoms with E-state index in [0.717, 1.165) is 35.7 Å². The van der Waals surface area contributed by atoms with Gasteiger partial charge in [0, 0.05) is 29.1 Å². The standard InChI is InChI=1S/C12H18BrClN2/c1-2-3-15-4-5-16-9-10-6-11(13)8-12(14)7-10/h6-8,15-16H,2-5,9H2,1H3. The van der Waals surface area contributed by atoms with Gasteiger partial charge in [-0.05, 0) is 36.7 Å². The normalized spacial score (nSPS) is 10.7. The third-order valence-corrected chi connectivity index (χ3v) is 2.83. The number of benzene rings is 1. The summed E-state index contributed by atoms with van der Waals surface area (Å²) in [6, 6.07) is 5.96. The highest BCUT2D eigenvalue weighted by molar-refractivity contribution is 9.10. The minimum atomic E-state index is 0.773. The van der Waals surface area contributed by atoms with Gasteiger partial charge in [-0.25, -0.2) is 0 Å². The van der Waals surface area contributed by atoms with Gasteiger partial charge in [0.2, 0.25) is 0 Å². The molecule has 2 N–H and O–H groups in total. The van der Waals surface area contributed by atoms with Gasteiger partial charge in [0.1, 0.15) is 0 Å². The summed E-state index contributed by atoms with van der Waals surface area (Å²) in [4.78, 5) is 0. The molecular formula is C12H18BrClN2. The predicted molar refractivity (Wildman–Crippen MR) is 74.0 cm³/mol. The van der Waals surface area contributed by atoms with Crippen molar-refractivity contribution in [2.24, 2.45) is 0 Å². The number of hydrogen-bond donors (Lipinski definition) is 2. The van der Waals surface area contributed by atoms with E-state index >= 15 is 0 Å². The molecule has 0 aliphatic rings. The van der Waals surface area contributed by atoms with E-state index in [9.17, 15) is 0 Å². The molecular weight excluding hydrogens is 288 g/mol. The van der Waals surface area contributed by atoms with Crippen LogP contribution in [0.4, 0.5) is 0 Å². The third-order valence-electron chi connectivity index (χ3n) is 2.16. The number of halogens is 2. The lowest BCUT2D eigenvalue weighted by molar-refractivity contribution is 0.606. The van der Waals surface area contributed by atoms with Crippen LogP contribution >= 0.6 is 27.5 Å². The van der Waals surface area contributed by atoms with Crippen molar-refractivity contribution in [2.45, 2.75) is 19.9 Å². The molecule has 0 aliphatic carbocycles. The molecule has 0 saturated carbocycles. The summed E-state index contributed by atoms with van der Waals surface area (Å²) < 4.78 is 1.03. The second kappa shape index (κ2) is 8.07. The van der Waals surface area contributed by atoms with Crippen LogP contribution in [-0.4, -0.2) is 19.6 Å². The molecule has 16 heavy (non-hydrogen) atoms. The Kier molecular flexibility index (Phi) is 7.05. The van der Waals surface area contributed by atoms with E-state index in [1.54, 1.807) is 0 Å². The summed E-state index contributed by atoms with van der Waals surface area (Å²) in [6.07, 6.45) is 1.18. The molecule has 0 spiro atoms. The fraction of sp³-hybridized carbons (Fsp3) is 0.500. The number of rotatable bonds is 7. The van der Waals surface area contributed by atoms with Gasteiger partial charge in [0.25, 0.3) is 0 Å². The predicted octanol–water partition coefficient (Wildman–Crippen LogP) is 3.19. The second-order valence-electron chi connectivity index (χ2n) is 3.70. The van der Waals surface area contributed by atoms with Gasteiger partial charge in [-0.15, -0.1) is 0 Å². The van der Waals surface area contributed by atoms with Crippen LogP contribution in [0.5, 0.6) is 0 Å². The van der Waals surface area contributed by atoms with E-state index in [2.05, 4.69) is 39.6 Å². The third kappa shape index (κ3) is 5.85. The van der Waals surface area contributed by atoms with Crippen LogP contribution in [0, 0.1) is 0 Å². The van der Waals surface area contributed by atoms with Gasteiger partial charge in [-0.2, -0.15) is 0 Å². The molecule has 1 aromatic carbocycles. The van der Waals surface area contributed by atoms with Crippen molar-refractivity contribution in [1.82, 2.24) is 10.6 Å².